The van der Waals surface area contributed by atoms with Crippen LogP contribution in [0.15, 0.2) is 200 Å². The molecule has 63 heavy (non-hydrogen) atoms. The van der Waals surface area contributed by atoms with Crippen LogP contribution in [0.1, 0.15) is 5.56 Å². The molecular formula is C58H33N5. The summed E-state index contributed by atoms with van der Waals surface area (Å²) in [5.74, 6) is 1.95. The van der Waals surface area contributed by atoms with E-state index < -0.39 is 0 Å². The van der Waals surface area contributed by atoms with E-state index in [1.54, 1.807) is 0 Å². The fourth-order valence-electron chi connectivity index (χ4n) is 9.78. The lowest BCUT2D eigenvalue weighted by Crippen LogP contribution is -2.00. The lowest BCUT2D eigenvalue weighted by molar-refractivity contribution is 1.07. The van der Waals surface area contributed by atoms with Crippen LogP contribution < -0.4 is 0 Å². The van der Waals surface area contributed by atoms with Crippen molar-refractivity contribution < 1.29 is 0 Å². The van der Waals surface area contributed by atoms with Crippen molar-refractivity contribution in [1.82, 2.24) is 19.5 Å². The Morgan fingerprint density at radius 1 is 0.317 bits per heavy atom. The molecule has 2 aromatic heterocycles. The molecule has 0 radical (unpaired) electrons. The van der Waals surface area contributed by atoms with Crippen molar-refractivity contribution in [2.45, 2.75) is 0 Å². The highest BCUT2D eigenvalue weighted by atomic mass is 15.0. The first kappa shape index (κ1) is 35.1. The second-order valence-electron chi connectivity index (χ2n) is 16.4. The van der Waals surface area contributed by atoms with E-state index in [1.807, 2.05) is 78.9 Å². The van der Waals surface area contributed by atoms with Crippen molar-refractivity contribution in [2.75, 3.05) is 0 Å². The summed E-state index contributed by atoms with van der Waals surface area (Å²) >= 11 is 0. The fourth-order valence-corrected chi connectivity index (χ4v) is 9.78. The second kappa shape index (κ2) is 13.7. The predicted octanol–water partition coefficient (Wildman–Crippen LogP) is 14.7. The van der Waals surface area contributed by atoms with Crippen LogP contribution in [-0.4, -0.2) is 19.5 Å². The summed E-state index contributed by atoms with van der Waals surface area (Å²) in [6.45, 7) is 0. The highest BCUT2D eigenvalue weighted by Crippen LogP contribution is 2.43. The minimum Gasteiger partial charge on any atom is -0.309 e. The SMILES string of the molecule is N#Cc1cc2ccc3cc(-c4ccc(-c5cc6ccc7cc(-c8nc(-c9ccccc9)nc(-c9ccccc9)n8)cc8ccc(c5)c6c78)cc4)cc4c3c2c(c1)n4-c1ccccc1. The summed E-state index contributed by atoms with van der Waals surface area (Å²) in [5.41, 5.74) is 11.4. The molecule has 13 rings (SSSR count). The Labute approximate surface area is 362 Å². The lowest BCUT2D eigenvalue weighted by atomic mass is 9.90. The third-order valence-electron chi connectivity index (χ3n) is 12.7. The molecule has 0 bridgehead atoms. The highest BCUT2D eigenvalue weighted by Gasteiger charge is 2.20. The molecule has 11 aromatic carbocycles. The normalized spacial score (nSPS) is 11.8. The topological polar surface area (TPSA) is 67.4 Å². The van der Waals surface area contributed by atoms with Gasteiger partial charge in [0, 0.05) is 33.2 Å². The molecule has 0 spiro atoms. The van der Waals surface area contributed by atoms with Gasteiger partial charge in [0.2, 0.25) is 0 Å². The Balaban J connectivity index is 0.888. The van der Waals surface area contributed by atoms with Crippen LogP contribution in [0, 0.1) is 11.3 Å². The van der Waals surface area contributed by atoms with E-state index in [1.165, 1.54) is 48.8 Å². The van der Waals surface area contributed by atoms with Crippen LogP contribution in [0.3, 0.4) is 0 Å². The maximum absolute atomic E-state index is 9.92. The molecule has 0 N–H and O–H groups in total. The number of para-hydroxylation sites is 1. The molecule has 0 amide bonds. The number of nitrogens with zero attached hydrogens (tertiary/aromatic N) is 5. The highest BCUT2D eigenvalue weighted by molar-refractivity contribution is 6.26. The minimum atomic E-state index is 0.650. The van der Waals surface area contributed by atoms with Gasteiger partial charge in [-0.05, 0) is 126 Å². The molecule has 0 aliphatic carbocycles. The predicted molar refractivity (Wildman–Crippen MR) is 258 cm³/mol. The molecule has 0 saturated heterocycles. The van der Waals surface area contributed by atoms with Crippen LogP contribution in [0.5, 0.6) is 0 Å². The first-order valence-electron chi connectivity index (χ1n) is 21.1. The van der Waals surface area contributed by atoms with Crippen LogP contribution in [0.2, 0.25) is 0 Å². The molecule has 0 saturated carbocycles. The summed E-state index contributed by atoms with van der Waals surface area (Å²) in [7, 11) is 0. The third-order valence-corrected chi connectivity index (χ3v) is 12.7. The molecule has 0 unspecified atom stereocenters. The molecule has 0 fully saturated rings. The van der Waals surface area contributed by atoms with Gasteiger partial charge < -0.3 is 4.57 Å². The Bertz CT molecular complexity index is 3820. The van der Waals surface area contributed by atoms with E-state index in [-0.39, 0.29) is 0 Å². The van der Waals surface area contributed by atoms with Gasteiger partial charge in [-0.2, -0.15) is 5.26 Å². The molecule has 2 heterocycles. The molecule has 5 heteroatoms. The van der Waals surface area contributed by atoms with Crippen molar-refractivity contribution in [3.63, 3.8) is 0 Å². The van der Waals surface area contributed by atoms with E-state index in [4.69, 9.17) is 15.0 Å². The zero-order valence-corrected chi connectivity index (χ0v) is 33.8. The van der Waals surface area contributed by atoms with E-state index in [0.717, 1.165) is 60.7 Å². The number of aromatic nitrogens is 4. The number of benzene rings is 11. The molecule has 0 atom stereocenters. The molecular weight excluding hydrogens is 767 g/mol. The van der Waals surface area contributed by atoms with Crippen LogP contribution in [-0.2, 0) is 0 Å². The number of hydrogen-bond donors (Lipinski definition) is 0. The molecule has 13 aromatic rings. The van der Waals surface area contributed by atoms with Gasteiger partial charge in [0.15, 0.2) is 17.5 Å². The van der Waals surface area contributed by atoms with Gasteiger partial charge in [-0.1, -0.05) is 140 Å². The average molecular weight is 800 g/mol. The maximum Gasteiger partial charge on any atom is 0.164 e. The van der Waals surface area contributed by atoms with Gasteiger partial charge in [-0.15, -0.1) is 0 Å². The van der Waals surface area contributed by atoms with Gasteiger partial charge in [-0.3, -0.25) is 0 Å². The quantitative estimate of drug-likeness (QED) is 0.157. The zero-order valence-electron chi connectivity index (χ0n) is 33.8. The Kier molecular flexibility index (Phi) is 7.60. The van der Waals surface area contributed by atoms with Gasteiger partial charge in [0.1, 0.15) is 0 Å². The van der Waals surface area contributed by atoms with E-state index >= 15 is 0 Å². The Morgan fingerprint density at radius 3 is 1.17 bits per heavy atom. The summed E-state index contributed by atoms with van der Waals surface area (Å²) in [6.07, 6.45) is 0. The summed E-state index contributed by atoms with van der Waals surface area (Å²) in [4.78, 5) is 15.0. The molecule has 0 aliphatic heterocycles. The van der Waals surface area contributed by atoms with E-state index in [9.17, 15) is 5.26 Å². The van der Waals surface area contributed by atoms with Gasteiger partial charge >= 0.3 is 0 Å². The van der Waals surface area contributed by atoms with Gasteiger partial charge in [0.05, 0.1) is 22.7 Å². The first-order chi connectivity index (χ1) is 31.1. The van der Waals surface area contributed by atoms with Gasteiger partial charge in [0.25, 0.3) is 0 Å². The summed E-state index contributed by atoms with van der Waals surface area (Å²) in [5, 5.41) is 21.8. The summed E-state index contributed by atoms with van der Waals surface area (Å²) < 4.78 is 2.31. The van der Waals surface area contributed by atoms with Crippen molar-refractivity contribution in [3.05, 3.63) is 206 Å². The van der Waals surface area contributed by atoms with Gasteiger partial charge in [-0.25, -0.2) is 15.0 Å². The van der Waals surface area contributed by atoms with Crippen LogP contribution in [0.25, 0.3) is 127 Å². The lowest BCUT2D eigenvalue weighted by Gasteiger charge is -2.15. The largest absolute Gasteiger partial charge is 0.309 e. The van der Waals surface area contributed by atoms with Crippen LogP contribution in [0.4, 0.5) is 0 Å². The Hall–Kier alpha value is -8.72. The van der Waals surface area contributed by atoms with Crippen LogP contribution >= 0.6 is 0 Å². The average Bonchev–Trinajstić information content (AvgIpc) is 3.69. The number of rotatable bonds is 6. The van der Waals surface area contributed by atoms with Crippen molar-refractivity contribution in [3.8, 4) is 68.2 Å². The van der Waals surface area contributed by atoms with Crippen molar-refractivity contribution >= 4 is 64.9 Å². The van der Waals surface area contributed by atoms with Crippen molar-refractivity contribution in [1.29, 1.82) is 5.26 Å². The maximum atomic E-state index is 9.92. The second-order valence-corrected chi connectivity index (χ2v) is 16.4. The Morgan fingerprint density at radius 2 is 0.698 bits per heavy atom. The number of hydrogen-bond acceptors (Lipinski definition) is 4. The third kappa shape index (κ3) is 5.59. The number of nitriles is 1. The zero-order chi connectivity index (χ0) is 41.6. The van der Waals surface area contributed by atoms with E-state index in [0.29, 0.717) is 23.0 Å². The van der Waals surface area contributed by atoms with Crippen molar-refractivity contribution in [2.24, 2.45) is 0 Å². The minimum absolute atomic E-state index is 0.650. The summed E-state index contributed by atoms with van der Waals surface area (Å²) in [6, 6.07) is 73.0. The first-order valence-corrected chi connectivity index (χ1v) is 21.1. The standard InChI is InChI=1S/C58H33N5/c59-34-35-26-40-20-25-45-30-47(33-51-55(45)54(40)50(27-35)63(51)49-14-8-3-9-15-49)37-18-16-36(17-19-37)46-28-41-21-23-43-31-48(32-44-24-22-42(29-46)52(41)53(43)44)58-61-56(38-10-4-1-5-11-38)60-57(62-58)39-12-6-2-7-13-39/h1-33H. The van der Waals surface area contributed by atoms with E-state index in [2.05, 4.69) is 132 Å². The molecule has 290 valence electrons. The molecule has 5 nitrogen and oxygen atoms in total. The molecule has 0 aliphatic rings. The fraction of sp³-hybridized carbons (Fsp3) is 0. The monoisotopic (exact) mass is 799 g/mol. The smallest absolute Gasteiger partial charge is 0.164 e.